The Kier molecular flexibility index (Phi) is 8.58. The van der Waals surface area contributed by atoms with Gasteiger partial charge >= 0.3 is 171 Å². The van der Waals surface area contributed by atoms with Crippen LogP contribution in [0.15, 0.2) is 54.6 Å². The zero-order valence-corrected chi connectivity index (χ0v) is 18.2. The van der Waals surface area contributed by atoms with Crippen molar-refractivity contribution in [1.29, 1.82) is 0 Å². The van der Waals surface area contributed by atoms with Crippen molar-refractivity contribution in [1.82, 2.24) is 4.90 Å². The summed E-state index contributed by atoms with van der Waals surface area (Å²) in [5.74, 6) is 0. The molecule has 0 bridgehead atoms. The van der Waals surface area contributed by atoms with Crippen LogP contribution in [-0.4, -0.2) is 42.2 Å². The second-order valence-corrected chi connectivity index (χ2v) is 9.65. The van der Waals surface area contributed by atoms with Crippen LogP contribution in [0.3, 0.4) is 0 Å². The van der Waals surface area contributed by atoms with E-state index in [4.69, 9.17) is 12.2 Å². The maximum atomic E-state index is 10.9. The van der Waals surface area contributed by atoms with E-state index in [1.54, 1.807) is 23.9 Å². The van der Waals surface area contributed by atoms with Crippen molar-refractivity contribution in [3.63, 3.8) is 0 Å². The molecular formula is C19H22N2O2S2Se. The van der Waals surface area contributed by atoms with E-state index in [9.17, 15) is 10.1 Å². The number of benzene rings is 2. The Morgan fingerprint density at radius 2 is 1.77 bits per heavy atom. The van der Waals surface area contributed by atoms with Gasteiger partial charge in [-0.1, -0.05) is 0 Å². The monoisotopic (exact) mass is 454 g/mol. The third kappa shape index (κ3) is 6.09. The number of thioether (sulfide) groups is 1. The standard InChI is InChI=1S/C19H22N2O2S2Se/c1-3-20(4-2)19(24)25-18(14-26-17-8-6-5-7-9-17)15-10-12-16(13-11-15)21(22)23/h5-13,18H,3-4,14H2,1-2H3. The van der Waals surface area contributed by atoms with Crippen LogP contribution >= 0.6 is 24.0 Å². The topological polar surface area (TPSA) is 46.4 Å². The number of nitrogens with zero attached hydrogens (tertiary/aromatic N) is 2. The molecular weight excluding hydrogens is 431 g/mol. The second kappa shape index (κ2) is 10.7. The van der Waals surface area contributed by atoms with E-state index in [-0.39, 0.29) is 15.9 Å². The van der Waals surface area contributed by atoms with Crippen LogP contribution in [-0.2, 0) is 0 Å². The van der Waals surface area contributed by atoms with Crippen molar-refractivity contribution in [3.8, 4) is 0 Å². The zero-order valence-electron chi connectivity index (χ0n) is 14.8. The summed E-state index contributed by atoms with van der Waals surface area (Å²) in [6, 6.07) is 17.3. The van der Waals surface area contributed by atoms with Crippen molar-refractivity contribution in [2.45, 2.75) is 24.4 Å². The van der Waals surface area contributed by atoms with Gasteiger partial charge in [-0.05, 0) is 0 Å². The van der Waals surface area contributed by atoms with E-state index in [0.29, 0.717) is 15.0 Å². The number of rotatable bonds is 8. The van der Waals surface area contributed by atoms with E-state index in [1.807, 2.05) is 18.2 Å². The Bertz CT molecular complexity index is 722. The molecule has 2 aromatic rings. The molecule has 138 valence electrons. The summed E-state index contributed by atoms with van der Waals surface area (Å²) in [7, 11) is 0. The average Bonchev–Trinajstić information content (AvgIpc) is 2.67. The molecule has 4 nitrogen and oxygen atoms in total. The van der Waals surface area contributed by atoms with Gasteiger partial charge in [0.05, 0.1) is 0 Å². The van der Waals surface area contributed by atoms with Gasteiger partial charge in [0.25, 0.3) is 0 Å². The van der Waals surface area contributed by atoms with Gasteiger partial charge in [-0.25, -0.2) is 0 Å². The molecule has 0 amide bonds. The predicted molar refractivity (Wildman–Crippen MR) is 116 cm³/mol. The molecule has 0 saturated carbocycles. The molecule has 0 heterocycles. The molecule has 0 aliphatic carbocycles. The third-order valence-electron chi connectivity index (χ3n) is 3.88. The number of hydrogen-bond donors (Lipinski definition) is 0. The first-order valence-electron chi connectivity index (χ1n) is 8.42. The minimum absolute atomic E-state index is 0.123. The number of hydrogen-bond acceptors (Lipinski definition) is 4. The molecule has 2 aromatic carbocycles. The fourth-order valence-corrected chi connectivity index (χ4v) is 6.63. The van der Waals surface area contributed by atoms with E-state index < -0.39 is 0 Å². The molecule has 0 aliphatic rings. The van der Waals surface area contributed by atoms with Gasteiger partial charge in [0.1, 0.15) is 0 Å². The first-order chi connectivity index (χ1) is 12.5. The Morgan fingerprint density at radius 1 is 1.15 bits per heavy atom. The molecule has 26 heavy (non-hydrogen) atoms. The molecule has 7 heteroatoms. The summed E-state index contributed by atoms with van der Waals surface area (Å²) in [5.41, 5.74) is 1.21. The van der Waals surface area contributed by atoms with Gasteiger partial charge in [-0.3, -0.25) is 0 Å². The van der Waals surface area contributed by atoms with Crippen molar-refractivity contribution in [2.24, 2.45) is 0 Å². The van der Waals surface area contributed by atoms with Gasteiger partial charge in [0.15, 0.2) is 0 Å². The molecule has 1 unspecified atom stereocenters. The summed E-state index contributed by atoms with van der Waals surface area (Å²) in [4.78, 5) is 12.7. The van der Waals surface area contributed by atoms with Gasteiger partial charge in [0.2, 0.25) is 0 Å². The van der Waals surface area contributed by atoms with Crippen LogP contribution in [0.4, 0.5) is 5.69 Å². The predicted octanol–water partition coefficient (Wildman–Crippen LogP) is 4.44. The number of nitro groups is 1. The van der Waals surface area contributed by atoms with Crippen LogP contribution in [0.5, 0.6) is 0 Å². The molecule has 1 atom stereocenters. The normalized spacial score (nSPS) is 11.8. The fourth-order valence-electron chi connectivity index (χ4n) is 2.38. The molecule has 0 aliphatic heterocycles. The van der Waals surface area contributed by atoms with Crippen LogP contribution < -0.4 is 4.46 Å². The van der Waals surface area contributed by atoms with E-state index in [0.717, 1.165) is 28.3 Å². The Labute approximate surface area is 170 Å². The summed E-state index contributed by atoms with van der Waals surface area (Å²) in [5, 5.41) is 12.1. The summed E-state index contributed by atoms with van der Waals surface area (Å²) >= 11 is 7.65. The molecule has 2 rings (SSSR count). The third-order valence-corrected chi connectivity index (χ3v) is 8.41. The van der Waals surface area contributed by atoms with Crippen LogP contribution in [0.1, 0.15) is 24.7 Å². The van der Waals surface area contributed by atoms with Crippen molar-refractivity contribution in [3.05, 3.63) is 70.3 Å². The Morgan fingerprint density at radius 3 is 2.31 bits per heavy atom. The molecule has 0 saturated heterocycles. The first kappa shape index (κ1) is 20.9. The van der Waals surface area contributed by atoms with Crippen molar-refractivity contribution >= 4 is 53.4 Å². The molecule has 0 N–H and O–H groups in total. The van der Waals surface area contributed by atoms with E-state index >= 15 is 0 Å². The SMILES string of the molecule is CCN(CC)C(=S)SC(C[Se]c1ccccc1)c1ccc([N+](=O)[O-])cc1. The quantitative estimate of drug-likeness (QED) is 0.256. The second-order valence-electron chi connectivity index (χ2n) is 5.52. The summed E-state index contributed by atoms with van der Waals surface area (Å²) < 4.78 is 2.24. The number of non-ortho nitro benzene ring substituents is 1. The number of thiocarbonyl (C=S) groups is 1. The van der Waals surface area contributed by atoms with Crippen molar-refractivity contribution < 1.29 is 4.92 Å². The molecule has 0 aromatic heterocycles. The number of nitro benzene ring substituents is 1. The van der Waals surface area contributed by atoms with Crippen molar-refractivity contribution in [2.75, 3.05) is 13.1 Å². The zero-order chi connectivity index (χ0) is 18.9. The van der Waals surface area contributed by atoms with Gasteiger partial charge in [0, 0.05) is 0 Å². The van der Waals surface area contributed by atoms with Crippen LogP contribution in [0, 0.1) is 10.1 Å². The molecule has 0 fully saturated rings. The van der Waals surface area contributed by atoms with Crippen LogP contribution in [0.25, 0.3) is 0 Å². The Balaban J connectivity index is 2.16. The Hall–Kier alpha value is -1.40. The fraction of sp³-hybridized carbons (Fsp3) is 0.316. The van der Waals surface area contributed by atoms with Gasteiger partial charge in [-0.15, -0.1) is 0 Å². The van der Waals surface area contributed by atoms with Gasteiger partial charge in [-0.2, -0.15) is 0 Å². The summed E-state index contributed by atoms with van der Waals surface area (Å²) in [6.45, 7) is 5.98. The average molecular weight is 453 g/mol. The van der Waals surface area contributed by atoms with Crippen LogP contribution in [0.2, 0.25) is 5.32 Å². The van der Waals surface area contributed by atoms with E-state index in [1.165, 1.54) is 4.46 Å². The maximum absolute atomic E-state index is 10.9. The van der Waals surface area contributed by atoms with E-state index in [2.05, 4.69) is 43.0 Å². The first-order valence-corrected chi connectivity index (χ1v) is 11.8. The van der Waals surface area contributed by atoms with Gasteiger partial charge < -0.3 is 0 Å². The molecule has 0 spiro atoms. The summed E-state index contributed by atoms with van der Waals surface area (Å²) in [6.07, 6.45) is 0. The minimum atomic E-state index is -0.361. The molecule has 0 radical (unpaired) electrons.